The summed E-state index contributed by atoms with van der Waals surface area (Å²) in [7, 11) is 0. The number of piperidine rings is 1. The van der Waals surface area contributed by atoms with E-state index in [9.17, 15) is 4.79 Å². The van der Waals surface area contributed by atoms with Crippen molar-refractivity contribution in [1.82, 2.24) is 4.90 Å². The Bertz CT molecular complexity index is 309. The van der Waals surface area contributed by atoms with Gasteiger partial charge in [0.1, 0.15) is 0 Å². The van der Waals surface area contributed by atoms with Crippen molar-refractivity contribution in [3.8, 4) is 0 Å². The Morgan fingerprint density at radius 3 is 1.68 bits per heavy atom. The summed E-state index contributed by atoms with van der Waals surface area (Å²) in [4.78, 5) is 13.3. The van der Waals surface area contributed by atoms with E-state index in [0.29, 0.717) is 0 Å². The summed E-state index contributed by atoms with van der Waals surface area (Å²) in [6.07, 6.45) is -0.128. The van der Waals surface area contributed by atoms with Crippen LogP contribution in [0, 0.1) is 35.5 Å². The van der Waals surface area contributed by atoms with Crippen LogP contribution in [-0.4, -0.2) is 30.2 Å². The highest BCUT2D eigenvalue weighted by Gasteiger charge is 2.54. The van der Waals surface area contributed by atoms with Gasteiger partial charge < -0.3 is 9.64 Å². The number of hydrogen-bond donors (Lipinski definition) is 0. The van der Waals surface area contributed by atoms with Gasteiger partial charge in [0.2, 0.25) is 0 Å². The summed E-state index contributed by atoms with van der Waals surface area (Å²) in [6, 6.07) is 0. The predicted octanol–water partition coefficient (Wildman–Crippen LogP) is 3.64. The van der Waals surface area contributed by atoms with E-state index in [2.05, 4.69) is 27.7 Å². The highest BCUT2D eigenvalue weighted by Crippen LogP contribution is 2.51. The molecule has 3 heteroatoms. The highest BCUT2D eigenvalue weighted by atomic mass is 16.6. The molecule has 1 amide bonds. The molecular formula is C16H29NO2. The number of nitrogens with zero attached hydrogens (tertiary/aromatic N) is 1. The van der Waals surface area contributed by atoms with Crippen molar-refractivity contribution < 1.29 is 9.53 Å². The van der Waals surface area contributed by atoms with Crippen molar-refractivity contribution in [2.75, 3.05) is 13.1 Å². The lowest BCUT2D eigenvalue weighted by molar-refractivity contribution is 0.0793. The summed E-state index contributed by atoms with van der Waals surface area (Å²) in [5, 5.41) is 0. The second-order valence-electron chi connectivity index (χ2n) is 7.10. The molecule has 3 aliphatic rings. The van der Waals surface area contributed by atoms with E-state index in [1.807, 2.05) is 18.7 Å². The minimum absolute atomic E-state index is 0.00171. The average Bonchev–Trinajstić information content (AvgIpc) is 3.02. The lowest BCUT2D eigenvalue weighted by Crippen LogP contribution is -2.33. The van der Waals surface area contributed by atoms with E-state index in [-0.39, 0.29) is 12.2 Å². The monoisotopic (exact) mass is 267 g/mol. The van der Waals surface area contributed by atoms with Crippen molar-refractivity contribution in [2.45, 2.75) is 47.6 Å². The normalized spacial score (nSPS) is 42.4. The molecule has 0 radical (unpaired) electrons. The van der Waals surface area contributed by atoms with E-state index < -0.39 is 0 Å². The number of likely N-dealkylation sites (tertiary alicyclic amines) is 1. The Hall–Kier alpha value is -0.730. The maximum Gasteiger partial charge on any atom is 0.410 e. The Balaban J connectivity index is 0.000000186. The van der Waals surface area contributed by atoms with Crippen LogP contribution in [0.25, 0.3) is 0 Å². The topological polar surface area (TPSA) is 29.5 Å². The van der Waals surface area contributed by atoms with E-state index >= 15 is 0 Å². The fourth-order valence-corrected chi connectivity index (χ4v) is 3.16. The largest absolute Gasteiger partial charge is 0.447 e. The van der Waals surface area contributed by atoms with Crippen LogP contribution in [0.4, 0.5) is 4.79 Å². The molecule has 3 nitrogen and oxygen atoms in total. The molecular weight excluding hydrogens is 238 g/mol. The zero-order valence-corrected chi connectivity index (χ0v) is 13.2. The number of hydrogen-bond acceptors (Lipinski definition) is 2. The van der Waals surface area contributed by atoms with Crippen LogP contribution >= 0.6 is 0 Å². The van der Waals surface area contributed by atoms with Gasteiger partial charge in [-0.2, -0.15) is 0 Å². The third kappa shape index (κ3) is 3.24. The molecule has 1 aliphatic heterocycles. The smallest absolute Gasteiger partial charge is 0.410 e. The fraction of sp³-hybridized carbons (Fsp3) is 0.938. The third-order valence-corrected chi connectivity index (χ3v) is 5.56. The van der Waals surface area contributed by atoms with Gasteiger partial charge in [0, 0.05) is 13.1 Å². The first kappa shape index (κ1) is 14.7. The molecule has 0 aromatic carbocycles. The average molecular weight is 267 g/mol. The van der Waals surface area contributed by atoms with Crippen LogP contribution in [0.1, 0.15) is 41.5 Å². The first-order valence-electron chi connectivity index (χ1n) is 7.78. The SMILES string of the molecule is CC(C)OC(=O)N1C[C@@H]2C(C)[C@@H]2C1.CC1C(C)C1C. The Labute approximate surface area is 117 Å². The maximum absolute atomic E-state index is 11.4. The lowest BCUT2D eigenvalue weighted by atomic mass is 10.3. The lowest BCUT2D eigenvalue weighted by Gasteiger charge is -2.20. The van der Waals surface area contributed by atoms with Gasteiger partial charge in [-0.3, -0.25) is 0 Å². The second kappa shape index (κ2) is 5.34. The summed E-state index contributed by atoms with van der Waals surface area (Å²) in [5.41, 5.74) is 0. The Kier molecular flexibility index (Phi) is 4.12. The van der Waals surface area contributed by atoms with Gasteiger partial charge in [-0.1, -0.05) is 27.7 Å². The Morgan fingerprint density at radius 2 is 1.37 bits per heavy atom. The highest BCUT2D eigenvalue weighted by molar-refractivity contribution is 5.68. The van der Waals surface area contributed by atoms with Crippen LogP contribution < -0.4 is 0 Å². The van der Waals surface area contributed by atoms with Crippen LogP contribution in [0.15, 0.2) is 0 Å². The number of fused-ring (bicyclic) bond motifs is 1. The van der Waals surface area contributed by atoms with Gasteiger partial charge in [-0.25, -0.2) is 4.79 Å². The second-order valence-corrected chi connectivity index (χ2v) is 7.10. The molecule has 110 valence electrons. The minimum atomic E-state index is -0.130. The molecule has 2 aliphatic carbocycles. The van der Waals surface area contributed by atoms with Gasteiger partial charge in [0.25, 0.3) is 0 Å². The van der Waals surface area contributed by atoms with Crippen molar-refractivity contribution in [3.05, 3.63) is 0 Å². The molecule has 3 atom stereocenters. The first-order chi connectivity index (χ1) is 8.82. The standard InChI is InChI=1S/C10H17NO2.C6H12/c1-6(2)13-10(12)11-4-8-7(3)9(8)5-11;1-4-5(2)6(4)3/h6-9H,4-5H2,1-3H3;4-6H,1-3H3/t7?,8-,9+;. The van der Waals surface area contributed by atoms with Gasteiger partial charge in [-0.15, -0.1) is 0 Å². The van der Waals surface area contributed by atoms with Gasteiger partial charge in [0.15, 0.2) is 0 Å². The molecule has 0 N–H and O–H groups in total. The molecule has 3 fully saturated rings. The first-order valence-corrected chi connectivity index (χ1v) is 7.78. The fourth-order valence-electron chi connectivity index (χ4n) is 3.16. The summed E-state index contributed by atoms with van der Waals surface area (Å²) in [6.45, 7) is 14.8. The predicted molar refractivity (Wildman–Crippen MR) is 76.8 cm³/mol. The molecule has 0 aromatic rings. The molecule has 2 saturated carbocycles. The van der Waals surface area contributed by atoms with Crippen molar-refractivity contribution in [3.63, 3.8) is 0 Å². The summed E-state index contributed by atoms with van der Waals surface area (Å²) >= 11 is 0. The number of ether oxygens (including phenoxy) is 1. The van der Waals surface area contributed by atoms with Crippen LogP contribution in [0.3, 0.4) is 0 Å². The van der Waals surface area contributed by atoms with Gasteiger partial charge in [0.05, 0.1) is 6.10 Å². The summed E-state index contributed by atoms with van der Waals surface area (Å²) < 4.78 is 5.13. The molecule has 0 spiro atoms. The maximum atomic E-state index is 11.4. The molecule has 0 bridgehead atoms. The zero-order valence-electron chi connectivity index (χ0n) is 13.2. The number of carbonyl (C=O) groups is 1. The number of carbonyl (C=O) groups excluding carboxylic acids is 1. The van der Waals surface area contributed by atoms with E-state index in [0.717, 1.165) is 48.6 Å². The van der Waals surface area contributed by atoms with Crippen LogP contribution in [-0.2, 0) is 4.74 Å². The zero-order chi connectivity index (χ0) is 14.3. The van der Waals surface area contributed by atoms with E-state index in [1.165, 1.54) is 0 Å². The third-order valence-electron chi connectivity index (χ3n) is 5.56. The number of rotatable bonds is 1. The molecule has 1 unspecified atom stereocenters. The van der Waals surface area contributed by atoms with Gasteiger partial charge in [-0.05, 0) is 49.4 Å². The molecule has 19 heavy (non-hydrogen) atoms. The van der Waals surface area contributed by atoms with Gasteiger partial charge >= 0.3 is 6.09 Å². The van der Waals surface area contributed by atoms with Crippen LogP contribution in [0.5, 0.6) is 0 Å². The molecule has 1 saturated heterocycles. The van der Waals surface area contributed by atoms with Crippen LogP contribution in [0.2, 0.25) is 0 Å². The van der Waals surface area contributed by atoms with E-state index in [1.54, 1.807) is 0 Å². The summed E-state index contributed by atoms with van der Waals surface area (Å²) in [5.74, 6) is 5.42. The molecule has 3 rings (SSSR count). The van der Waals surface area contributed by atoms with Crippen molar-refractivity contribution in [1.29, 1.82) is 0 Å². The van der Waals surface area contributed by atoms with Crippen molar-refractivity contribution in [2.24, 2.45) is 35.5 Å². The Morgan fingerprint density at radius 1 is 0.947 bits per heavy atom. The molecule has 0 aromatic heterocycles. The number of amides is 1. The quantitative estimate of drug-likeness (QED) is 0.726. The van der Waals surface area contributed by atoms with E-state index in [4.69, 9.17) is 4.74 Å². The minimum Gasteiger partial charge on any atom is -0.447 e. The van der Waals surface area contributed by atoms with Crippen molar-refractivity contribution >= 4 is 6.09 Å². The molecule has 1 heterocycles.